The lowest BCUT2D eigenvalue weighted by atomic mass is 10.00. The van der Waals surface area contributed by atoms with Crippen molar-refractivity contribution < 1.29 is 89.2 Å². The van der Waals surface area contributed by atoms with Gasteiger partial charge in [-0.2, -0.15) is 26.3 Å². The third-order valence-corrected chi connectivity index (χ3v) is 10.4. The summed E-state index contributed by atoms with van der Waals surface area (Å²) in [6.07, 6.45) is -3.37. The largest absolute Gasteiger partial charge is 0.490 e. The van der Waals surface area contributed by atoms with Gasteiger partial charge in [-0.1, -0.05) is 44.2 Å². The number of carboxylic acids is 2. The van der Waals surface area contributed by atoms with Crippen LogP contribution in [-0.4, -0.2) is 168 Å². The summed E-state index contributed by atoms with van der Waals surface area (Å²) in [7, 11) is 1.28. The standard InChI is InChI=1S/C41H58N8O9.2C2HF3O2/c1-27(2)37(39(54)48-20-29(17-32(50)24-48)45-36(40(55)57-3)14-8-10-16-43)46-31-19-33(51)23-47(21-31)38(53)35(13-7-9-15-42)44-30-18-34(52)25-49(22-30)41(56)58-26-28-11-5-4-6-12-28;2*3-2(4,5)1(6)7/h4-6,11-12,17-19,27,35-37,44-46H,7-10,13-16,20-26,42-43H2,1-3H3;2*(H,6,7)/t35-,36-,37+;;/m0../s1. The highest BCUT2D eigenvalue weighted by Gasteiger charge is 2.39. The number of carboxylic acid groups (broad SMARTS) is 2. The van der Waals surface area contributed by atoms with Crippen LogP contribution in [0, 0.1) is 5.92 Å². The summed E-state index contributed by atoms with van der Waals surface area (Å²) in [5.74, 6) is -8.13. The number of esters is 1. The molecule has 1 aromatic carbocycles. The first-order chi connectivity index (χ1) is 33.7. The number of ketones is 3. The molecule has 9 N–H and O–H groups in total. The van der Waals surface area contributed by atoms with Crippen LogP contribution in [0.4, 0.5) is 31.1 Å². The first kappa shape index (κ1) is 61.1. The molecule has 0 saturated carbocycles. The Bertz CT molecular complexity index is 2150. The SMILES string of the molecule is COC(=O)[C@H](CCCCN)NC1=CC(=O)CN(C(=O)[C@H](NC2=CC(=O)CN(C(=O)[C@H](CCCCN)NC3=CC(=O)CN(C(=O)OCc4ccccc4)C3)C2)C(C)C)C1.O=C(O)C(F)(F)F.O=C(O)C(F)(F)F. The third-order valence-electron chi connectivity index (χ3n) is 10.4. The van der Waals surface area contributed by atoms with Crippen LogP contribution in [0.1, 0.15) is 57.9 Å². The molecular weight excluding hydrogens is 975 g/mol. The maximum Gasteiger partial charge on any atom is 0.490 e. The van der Waals surface area contributed by atoms with Crippen molar-refractivity contribution in [3.63, 3.8) is 0 Å². The lowest BCUT2D eigenvalue weighted by molar-refractivity contribution is -0.193. The maximum atomic E-state index is 14.2. The van der Waals surface area contributed by atoms with Gasteiger partial charge in [0.1, 0.15) is 24.7 Å². The Labute approximate surface area is 409 Å². The lowest BCUT2D eigenvalue weighted by Crippen LogP contribution is -2.56. The molecule has 0 bridgehead atoms. The Morgan fingerprint density at radius 2 is 1.03 bits per heavy atom. The van der Waals surface area contributed by atoms with E-state index in [1.54, 1.807) is 0 Å². The zero-order chi connectivity index (χ0) is 54.3. The van der Waals surface area contributed by atoms with E-state index < -0.39 is 66.3 Å². The second-order valence-corrected chi connectivity index (χ2v) is 16.7. The number of nitrogens with two attached hydrogens (primary N) is 2. The zero-order valence-corrected chi connectivity index (χ0v) is 39.7. The fourth-order valence-electron chi connectivity index (χ4n) is 6.93. The smallest absolute Gasteiger partial charge is 0.475 e. The van der Waals surface area contributed by atoms with E-state index in [2.05, 4.69) is 16.0 Å². The van der Waals surface area contributed by atoms with Crippen molar-refractivity contribution in [1.29, 1.82) is 0 Å². The topological polar surface area (TPSA) is 310 Å². The van der Waals surface area contributed by atoms with Crippen molar-refractivity contribution in [1.82, 2.24) is 30.7 Å². The van der Waals surface area contributed by atoms with E-state index in [0.29, 0.717) is 68.7 Å². The number of nitrogens with one attached hydrogen (secondary N) is 3. The number of halogens is 6. The van der Waals surface area contributed by atoms with Crippen molar-refractivity contribution in [3.8, 4) is 0 Å². The van der Waals surface area contributed by atoms with Gasteiger partial charge in [-0.3, -0.25) is 28.9 Å². The number of methoxy groups -OCH3 is 1. The highest BCUT2D eigenvalue weighted by molar-refractivity contribution is 5.99. The number of hydrogen-bond donors (Lipinski definition) is 7. The van der Waals surface area contributed by atoms with Crippen LogP contribution in [0.3, 0.4) is 0 Å². The fraction of sp³-hybridized carbons (Fsp3) is 0.533. The Morgan fingerprint density at radius 1 is 0.625 bits per heavy atom. The molecule has 0 unspecified atom stereocenters. The predicted octanol–water partition coefficient (Wildman–Crippen LogP) is 1.91. The highest BCUT2D eigenvalue weighted by atomic mass is 19.4. The van der Waals surface area contributed by atoms with Gasteiger partial charge in [0.2, 0.25) is 11.8 Å². The average Bonchev–Trinajstić information content (AvgIpc) is 3.30. The van der Waals surface area contributed by atoms with Crippen LogP contribution in [0.5, 0.6) is 0 Å². The second kappa shape index (κ2) is 29.3. The van der Waals surface area contributed by atoms with E-state index in [1.807, 2.05) is 44.2 Å². The molecule has 27 heteroatoms. The van der Waals surface area contributed by atoms with Gasteiger partial charge in [0.25, 0.3) is 0 Å². The Hall–Kier alpha value is -7.03. The average molecular weight is 1040 g/mol. The van der Waals surface area contributed by atoms with Crippen molar-refractivity contribution in [3.05, 3.63) is 71.2 Å². The Balaban J connectivity index is 0.00000111. The number of aliphatic carboxylic acids is 2. The minimum Gasteiger partial charge on any atom is -0.475 e. The number of rotatable bonds is 20. The molecule has 3 atom stereocenters. The van der Waals surface area contributed by atoms with E-state index >= 15 is 0 Å². The summed E-state index contributed by atoms with van der Waals surface area (Å²) in [5, 5.41) is 23.7. The number of benzene rings is 1. The first-order valence-electron chi connectivity index (χ1n) is 22.3. The molecule has 0 fully saturated rings. The first-order valence-corrected chi connectivity index (χ1v) is 22.3. The minimum atomic E-state index is -5.08. The summed E-state index contributed by atoms with van der Waals surface area (Å²) < 4.78 is 73.9. The van der Waals surface area contributed by atoms with Gasteiger partial charge in [-0.15, -0.1) is 0 Å². The Kier molecular flexibility index (Phi) is 24.9. The number of alkyl halides is 6. The van der Waals surface area contributed by atoms with Gasteiger partial charge in [-0.05, 0) is 63.1 Å². The molecule has 0 radical (unpaired) electrons. The van der Waals surface area contributed by atoms with Crippen LogP contribution in [0.25, 0.3) is 0 Å². The summed E-state index contributed by atoms with van der Waals surface area (Å²) >= 11 is 0. The fourth-order valence-corrected chi connectivity index (χ4v) is 6.93. The zero-order valence-electron chi connectivity index (χ0n) is 39.7. The second-order valence-electron chi connectivity index (χ2n) is 16.7. The van der Waals surface area contributed by atoms with Crippen LogP contribution < -0.4 is 27.4 Å². The van der Waals surface area contributed by atoms with Crippen molar-refractivity contribution >= 4 is 53.2 Å². The number of nitrogens with zero attached hydrogens (tertiary/aromatic N) is 3. The van der Waals surface area contributed by atoms with E-state index in [4.69, 9.17) is 40.7 Å². The number of amides is 3. The molecule has 3 aliphatic rings. The Morgan fingerprint density at radius 3 is 1.46 bits per heavy atom. The van der Waals surface area contributed by atoms with Crippen LogP contribution in [-0.2, 0) is 54.4 Å². The normalized spacial score (nSPS) is 16.2. The monoisotopic (exact) mass is 1030 g/mol. The van der Waals surface area contributed by atoms with Crippen LogP contribution in [0.2, 0.25) is 0 Å². The van der Waals surface area contributed by atoms with Crippen molar-refractivity contribution in [2.45, 2.75) is 89.5 Å². The number of hydrogen-bond acceptors (Lipinski definition) is 16. The molecule has 0 spiro atoms. The van der Waals surface area contributed by atoms with Crippen LogP contribution in [0.15, 0.2) is 65.7 Å². The van der Waals surface area contributed by atoms with Gasteiger partial charge in [0.15, 0.2) is 17.3 Å². The summed E-state index contributed by atoms with van der Waals surface area (Å²) in [6.45, 7) is 4.04. The van der Waals surface area contributed by atoms with E-state index in [1.165, 1.54) is 40.0 Å². The van der Waals surface area contributed by atoms with Gasteiger partial charge in [0, 0.05) is 35.3 Å². The van der Waals surface area contributed by atoms with Crippen molar-refractivity contribution in [2.75, 3.05) is 59.5 Å². The maximum absolute atomic E-state index is 14.2. The van der Waals surface area contributed by atoms with Gasteiger partial charge in [-0.25, -0.2) is 19.2 Å². The third kappa shape index (κ3) is 21.5. The quantitative estimate of drug-likeness (QED) is 0.0557. The molecular formula is C45H60F6N8O13. The molecule has 0 aliphatic carbocycles. The predicted molar refractivity (Wildman–Crippen MR) is 241 cm³/mol. The molecule has 3 heterocycles. The number of unbranched alkanes of at least 4 members (excludes halogenated alkanes) is 2. The molecule has 72 heavy (non-hydrogen) atoms. The minimum absolute atomic E-state index is 0.00685. The lowest BCUT2D eigenvalue weighted by Gasteiger charge is -2.36. The summed E-state index contributed by atoms with van der Waals surface area (Å²) in [4.78, 5) is 114. The van der Waals surface area contributed by atoms with Gasteiger partial charge < -0.3 is 56.9 Å². The molecule has 3 amide bonds. The van der Waals surface area contributed by atoms with Crippen LogP contribution >= 0.6 is 0 Å². The van der Waals surface area contributed by atoms with Crippen molar-refractivity contribution in [2.24, 2.45) is 17.4 Å². The molecule has 0 aromatic heterocycles. The molecule has 1 aromatic rings. The van der Waals surface area contributed by atoms with Gasteiger partial charge >= 0.3 is 36.4 Å². The molecule has 400 valence electrons. The number of carbonyl (C=O) groups is 9. The molecule has 4 rings (SSSR count). The molecule has 0 saturated heterocycles. The highest BCUT2D eigenvalue weighted by Crippen LogP contribution is 2.19. The molecule has 3 aliphatic heterocycles. The van der Waals surface area contributed by atoms with E-state index in [-0.39, 0.29) is 69.1 Å². The summed E-state index contributed by atoms with van der Waals surface area (Å²) in [6, 6.07) is 6.69. The summed E-state index contributed by atoms with van der Waals surface area (Å²) in [5.41, 5.74) is 13.3. The molecule has 21 nitrogen and oxygen atoms in total. The van der Waals surface area contributed by atoms with E-state index in [9.17, 15) is 59.9 Å². The van der Waals surface area contributed by atoms with Gasteiger partial charge in [0.05, 0.1) is 46.4 Å². The number of ether oxygens (including phenoxy) is 2. The number of carbonyl (C=O) groups excluding carboxylic acids is 7. The van der Waals surface area contributed by atoms with E-state index in [0.717, 1.165) is 5.56 Å².